The van der Waals surface area contributed by atoms with Crippen LogP contribution in [-0.4, -0.2) is 10.1 Å². The third-order valence-corrected chi connectivity index (χ3v) is 3.59. The minimum absolute atomic E-state index is 0. The van der Waals surface area contributed by atoms with Gasteiger partial charge in [0.25, 0.3) is 0 Å². The summed E-state index contributed by atoms with van der Waals surface area (Å²) in [6.45, 7) is 0. The van der Waals surface area contributed by atoms with Crippen LogP contribution in [0.2, 0.25) is 0 Å². The predicted molar refractivity (Wildman–Crippen MR) is 74.7 cm³/mol. The number of nitrogens with zero attached hydrogens (tertiary/aromatic N) is 1. The van der Waals surface area contributed by atoms with Crippen LogP contribution in [0.25, 0.3) is 21.7 Å². The number of hydrogen-bond donors (Lipinski definition) is 1. The molecule has 3 rings (SSSR count). The maximum atomic E-state index is 9.97. The van der Waals surface area contributed by atoms with Gasteiger partial charge in [0.05, 0.1) is 0 Å². The first-order valence-electron chi connectivity index (χ1n) is 5.63. The molecule has 0 aliphatic rings. The first kappa shape index (κ1) is 13.9. The van der Waals surface area contributed by atoms with Gasteiger partial charge in [0.15, 0.2) is 0 Å². The van der Waals surface area contributed by atoms with E-state index < -0.39 is 0 Å². The monoisotopic (exact) mass is 317 g/mol. The van der Waals surface area contributed by atoms with Crippen molar-refractivity contribution in [3.8, 4) is 27.4 Å². The Hall–Kier alpha value is -1.51. The van der Waals surface area contributed by atoms with Gasteiger partial charge in [-0.25, -0.2) is 4.98 Å². The van der Waals surface area contributed by atoms with Crippen molar-refractivity contribution in [2.75, 3.05) is 0 Å². The number of thiazole rings is 1. The van der Waals surface area contributed by atoms with Gasteiger partial charge in [-0.15, -0.1) is 11.3 Å². The Morgan fingerprint density at radius 2 is 1.47 bits per heavy atom. The van der Waals surface area contributed by atoms with Crippen molar-refractivity contribution in [3.05, 3.63) is 60.1 Å². The van der Waals surface area contributed by atoms with Crippen LogP contribution in [0.3, 0.4) is 0 Å². The number of hydrogen-bond acceptors (Lipinski definition) is 3. The van der Waals surface area contributed by atoms with Crippen molar-refractivity contribution < 1.29 is 24.6 Å². The van der Waals surface area contributed by atoms with E-state index in [4.69, 9.17) is 0 Å². The van der Waals surface area contributed by atoms with Crippen LogP contribution in [0.15, 0.2) is 60.1 Å². The summed E-state index contributed by atoms with van der Waals surface area (Å²) in [4.78, 5) is 4.34. The number of para-hydroxylation sites is 1. The summed E-state index contributed by atoms with van der Waals surface area (Å²) in [6, 6.07) is 15.4. The molecule has 1 aromatic heterocycles. The molecule has 0 saturated heterocycles. The predicted octanol–water partition coefficient (Wildman–Crippen LogP) is 4.18. The Morgan fingerprint density at radius 3 is 2.11 bits per heavy atom. The maximum absolute atomic E-state index is 9.97. The van der Waals surface area contributed by atoms with Crippen molar-refractivity contribution >= 4 is 11.3 Å². The van der Waals surface area contributed by atoms with Crippen molar-refractivity contribution in [1.29, 1.82) is 0 Å². The fourth-order valence-electron chi connectivity index (χ4n) is 1.96. The summed E-state index contributed by atoms with van der Waals surface area (Å²) in [5.74, 6) is 0.293. The summed E-state index contributed by atoms with van der Waals surface area (Å²) < 4.78 is 0. The van der Waals surface area contributed by atoms with Gasteiger partial charge in [-0.2, -0.15) is 0 Å². The topological polar surface area (TPSA) is 33.1 Å². The third kappa shape index (κ3) is 2.75. The minimum Gasteiger partial charge on any atom is -0.507 e. The molecule has 0 radical (unpaired) electrons. The van der Waals surface area contributed by atoms with Gasteiger partial charge in [0.1, 0.15) is 10.8 Å². The van der Waals surface area contributed by atoms with E-state index in [0.29, 0.717) is 5.75 Å². The molecule has 0 saturated carbocycles. The van der Waals surface area contributed by atoms with Gasteiger partial charge in [0, 0.05) is 42.2 Å². The van der Waals surface area contributed by atoms with E-state index in [0.717, 1.165) is 21.7 Å². The Labute approximate surface area is 128 Å². The van der Waals surface area contributed by atoms with Gasteiger partial charge >= 0.3 is 0 Å². The van der Waals surface area contributed by atoms with Gasteiger partial charge in [-0.05, 0) is 11.6 Å². The average Bonchev–Trinajstić information content (AvgIpc) is 2.93. The first-order chi connectivity index (χ1) is 8.86. The SMILES string of the molecule is Oc1ccccc1-c1ccccc1-c1nccs1.[Zn]. The summed E-state index contributed by atoms with van der Waals surface area (Å²) in [5.41, 5.74) is 2.89. The quantitative estimate of drug-likeness (QED) is 0.719. The van der Waals surface area contributed by atoms with Crippen molar-refractivity contribution in [3.63, 3.8) is 0 Å². The van der Waals surface area contributed by atoms with E-state index in [9.17, 15) is 5.11 Å². The van der Waals surface area contributed by atoms with Gasteiger partial charge in [-0.3, -0.25) is 0 Å². The molecule has 0 amide bonds. The molecule has 1 N–H and O–H groups in total. The van der Waals surface area contributed by atoms with E-state index in [2.05, 4.69) is 4.98 Å². The number of rotatable bonds is 2. The molecule has 1 heterocycles. The number of aromatic nitrogens is 1. The molecule has 0 aliphatic carbocycles. The Morgan fingerprint density at radius 1 is 0.842 bits per heavy atom. The molecule has 0 unspecified atom stereocenters. The zero-order chi connectivity index (χ0) is 12.4. The van der Waals surface area contributed by atoms with E-state index in [1.54, 1.807) is 23.6 Å². The molecule has 4 heteroatoms. The second-order valence-corrected chi connectivity index (χ2v) is 4.79. The zero-order valence-corrected chi connectivity index (χ0v) is 14.1. The van der Waals surface area contributed by atoms with Gasteiger partial charge < -0.3 is 5.11 Å². The van der Waals surface area contributed by atoms with Crippen LogP contribution in [0.4, 0.5) is 0 Å². The van der Waals surface area contributed by atoms with Gasteiger partial charge in [0.2, 0.25) is 0 Å². The molecule has 0 atom stereocenters. The van der Waals surface area contributed by atoms with Crippen molar-refractivity contribution in [2.45, 2.75) is 0 Å². The van der Waals surface area contributed by atoms with E-state index in [1.807, 2.05) is 47.8 Å². The van der Waals surface area contributed by atoms with Crippen LogP contribution in [0.5, 0.6) is 5.75 Å². The standard InChI is InChI=1S/C15H11NOS.Zn/c17-14-8-4-3-6-12(14)11-5-1-2-7-13(11)15-16-9-10-18-15;/h1-10,17H;. The van der Waals surface area contributed by atoms with E-state index in [1.165, 1.54) is 0 Å². The van der Waals surface area contributed by atoms with Crippen LogP contribution in [-0.2, 0) is 19.5 Å². The molecule has 2 aromatic carbocycles. The normalized spacial score (nSPS) is 9.89. The summed E-state index contributed by atoms with van der Waals surface area (Å²) in [5, 5.41) is 12.9. The number of aromatic hydroxyl groups is 1. The Balaban J connectivity index is 0.00000133. The van der Waals surface area contributed by atoms with Crippen LogP contribution < -0.4 is 0 Å². The molecule has 2 nitrogen and oxygen atoms in total. The van der Waals surface area contributed by atoms with E-state index >= 15 is 0 Å². The molecule has 90 valence electrons. The molecular weight excluding hydrogens is 308 g/mol. The maximum Gasteiger partial charge on any atom is 0.123 e. The summed E-state index contributed by atoms with van der Waals surface area (Å²) in [6.07, 6.45) is 1.79. The second kappa shape index (κ2) is 6.09. The first-order valence-corrected chi connectivity index (χ1v) is 6.51. The minimum atomic E-state index is 0. The van der Waals surface area contributed by atoms with Crippen LogP contribution in [0.1, 0.15) is 0 Å². The Kier molecular flexibility index (Phi) is 4.46. The summed E-state index contributed by atoms with van der Waals surface area (Å²) in [7, 11) is 0. The van der Waals surface area contributed by atoms with Crippen LogP contribution in [0, 0.1) is 0 Å². The third-order valence-electron chi connectivity index (χ3n) is 2.78. The molecule has 0 spiro atoms. The van der Waals surface area contributed by atoms with Crippen molar-refractivity contribution in [2.24, 2.45) is 0 Å². The Bertz CT molecular complexity index is 667. The molecule has 0 bridgehead atoms. The molecule has 0 fully saturated rings. The largest absolute Gasteiger partial charge is 0.507 e. The van der Waals surface area contributed by atoms with Crippen molar-refractivity contribution in [1.82, 2.24) is 4.98 Å². The fourth-order valence-corrected chi connectivity index (χ4v) is 2.64. The molecule has 19 heavy (non-hydrogen) atoms. The van der Waals surface area contributed by atoms with E-state index in [-0.39, 0.29) is 19.5 Å². The average molecular weight is 319 g/mol. The second-order valence-electron chi connectivity index (χ2n) is 3.90. The number of phenols is 1. The fraction of sp³-hybridized carbons (Fsp3) is 0. The molecule has 0 aliphatic heterocycles. The summed E-state index contributed by atoms with van der Waals surface area (Å²) >= 11 is 1.60. The van der Waals surface area contributed by atoms with Gasteiger partial charge in [-0.1, -0.05) is 42.5 Å². The number of benzene rings is 2. The smallest absolute Gasteiger partial charge is 0.123 e. The molecule has 3 aromatic rings. The van der Waals surface area contributed by atoms with Crippen LogP contribution >= 0.6 is 11.3 Å². The zero-order valence-electron chi connectivity index (χ0n) is 10.3. The molecular formula is C15H11NOSZn. The number of phenolic OH excluding ortho intramolecular Hbond substituents is 1.